The van der Waals surface area contributed by atoms with Crippen molar-refractivity contribution in [2.45, 2.75) is 39.2 Å². The second-order valence-electron chi connectivity index (χ2n) is 5.34. The fourth-order valence-corrected chi connectivity index (χ4v) is 2.33. The van der Waals surface area contributed by atoms with E-state index in [0.717, 1.165) is 45.6 Å². The van der Waals surface area contributed by atoms with Gasteiger partial charge >= 0.3 is 5.97 Å². The molecule has 0 radical (unpaired) electrons. The van der Waals surface area contributed by atoms with Gasteiger partial charge in [-0.15, -0.1) is 0 Å². The molecule has 1 aliphatic heterocycles. The van der Waals surface area contributed by atoms with Gasteiger partial charge in [0.2, 0.25) is 5.91 Å². The maximum atomic E-state index is 12.0. The van der Waals surface area contributed by atoms with Crippen LogP contribution in [0.2, 0.25) is 0 Å². The highest BCUT2D eigenvalue weighted by molar-refractivity contribution is 5.81. The van der Waals surface area contributed by atoms with Crippen LogP contribution in [0.5, 0.6) is 0 Å². The zero-order valence-electron chi connectivity index (χ0n) is 12.6. The fourth-order valence-electron chi connectivity index (χ4n) is 2.33. The number of nitrogens with zero attached hydrogens (tertiary/aromatic N) is 2. The smallest absolute Gasteiger partial charge is 0.304 e. The molecule has 1 rings (SSSR count). The largest absolute Gasteiger partial charge is 0.481 e. The highest BCUT2D eigenvalue weighted by atomic mass is 16.4. The number of amides is 1. The third-order valence-electron chi connectivity index (χ3n) is 3.81. The van der Waals surface area contributed by atoms with Gasteiger partial charge in [-0.25, -0.2) is 0 Å². The van der Waals surface area contributed by atoms with E-state index in [0.29, 0.717) is 6.54 Å². The number of rotatable bonds is 8. The topological polar surface area (TPSA) is 72.9 Å². The summed E-state index contributed by atoms with van der Waals surface area (Å²) in [6.07, 6.45) is 2.28. The lowest BCUT2D eigenvalue weighted by Gasteiger charge is -2.37. The average Bonchev–Trinajstić information content (AvgIpc) is 2.45. The molecular formula is C14H27N3O3. The molecule has 1 heterocycles. The number of unbranched alkanes of at least 4 members (excludes halogenated alkanes) is 1. The Balaban J connectivity index is 2.25. The van der Waals surface area contributed by atoms with Gasteiger partial charge in [-0.05, 0) is 13.3 Å². The molecule has 2 N–H and O–H groups in total. The van der Waals surface area contributed by atoms with E-state index in [4.69, 9.17) is 5.11 Å². The molecule has 1 saturated heterocycles. The van der Waals surface area contributed by atoms with Crippen molar-refractivity contribution in [1.82, 2.24) is 15.1 Å². The summed E-state index contributed by atoms with van der Waals surface area (Å²) in [6, 6.07) is -0.103. The van der Waals surface area contributed by atoms with E-state index in [1.54, 1.807) is 0 Å². The maximum Gasteiger partial charge on any atom is 0.304 e. The molecule has 0 saturated carbocycles. The van der Waals surface area contributed by atoms with Crippen LogP contribution >= 0.6 is 0 Å². The number of carboxylic acids is 1. The lowest BCUT2D eigenvalue weighted by Crippen LogP contribution is -2.54. The van der Waals surface area contributed by atoms with Crippen LogP contribution in [0.15, 0.2) is 0 Å². The molecular weight excluding hydrogens is 258 g/mol. The van der Waals surface area contributed by atoms with Crippen molar-refractivity contribution < 1.29 is 14.7 Å². The fraction of sp³-hybridized carbons (Fsp3) is 0.857. The number of carbonyl (C=O) groups excluding carboxylic acids is 1. The molecule has 1 atom stereocenters. The summed E-state index contributed by atoms with van der Waals surface area (Å²) in [7, 11) is 0. The van der Waals surface area contributed by atoms with Gasteiger partial charge in [0.05, 0.1) is 12.5 Å². The van der Waals surface area contributed by atoms with E-state index in [1.807, 2.05) is 6.92 Å². The highest BCUT2D eigenvalue weighted by Crippen LogP contribution is 2.07. The minimum Gasteiger partial charge on any atom is -0.481 e. The molecule has 0 aliphatic carbocycles. The van der Waals surface area contributed by atoms with Gasteiger partial charge in [0.15, 0.2) is 0 Å². The quantitative estimate of drug-likeness (QED) is 0.631. The summed E-state index contributed by atoms with van der Waals surface area (Å²) in [5, 5.41) is 11.6. The maximum absolute atomic E-state index is 12.0. The van der Waals surface area contributed by atoms with Crippen molar-refractivity contribution in [3.63, 3.8) is 0 Å². The van der Waals surface area contributed by atoms with E-state index < -0.39 is 5.97 Å². The molecule has 1 aliphatic rings. The van der Waals surface area contributed by atoms with Crippen LogP contribution < -0.4 is 5.32 Å². The first-order chi connectivity index (χ1) is 9.54. The minimum atomic E-state index is -0.754. The third kappa shape index (κ3) is 5.88. The van der Waals surface area contributed by atoms with Crippen LogP contribution in [0.1, 0.15) is 33.1 Å². The van der Waals surface area contributed by atoms with E-state index in [1.165, 1.54) is 0 Å². The first-order valence-corrected chi connectivity index (χ1v) is 7.50. The van der Waals surface area contributed by atoms with Crippen molar-refractivity contribution in [1.29, 1.82) is 0 Å². The average molecular weight is 285 g/mol. The zero-order valence-corrected chi connectivity index (χ0v) is 12.6. The first-order valence-electron chi connectivity index (χ1n) is 7.50. The van der Waals surface area contributed by atoms with E-state index >= 15 is 0 Å². The number of hydrogen-bond acceptors (Lipinski definition) is 4. The van der Waals surface area contributed by atoms with Crippen molar-refractivity contribution >= 4 is 11.9 Å². The van der Waals surface area contributed by atoms with Crippen LogP contribution in [0.25, 0.3) is 0 Å². The monoisotopic (exact) mass is 285 g/mol. The Morgan fingerprint density at radius 3 is 2.45 bits per heavy atom. The predicted molar refractivity (Wildman–Crippen MR) is 77.6 cm³/mol. The van der Waals surface area contributed by atoms with Crippen molar-refractivity contribution in [3.8, 4) is 0 Å². The van der Waals surface area contributed by atoms with Crippen LogP contribution in [0.3, 0.4) is 0 Å². The van der Waals surface area contributed by atoms with Crippen LogP contribution in [-0.4, -0.2) is 72.1 Å². The van der Waals surface area contributed by atoms with Gasteiger partial charge < -0.3 is 15.3 Å². The standard InChI is InChI=1S/C14H27N3O3/c1-3-4-6-15-14(20)12(2)17-10-8-16(9-11-17)7-5-13(18)19/h12H,3-11H2,1-2H3,(H,15,20)(H,18,19). The summed E-state index contributed by atoms with van der Waals surface area (Å²) in [5.41, 5.74) is 0. The SMILES string of the molecule is CCCCNC(=O)C(C)N1CCN(CCC(=O)O)CC1. The Morgan fingerprint density at radius 1 is 1.25 bits per heavy atom. The second kappa shape index (κ2) is 8.92. The number of hydrogen-bond donors (Lipinski definition) is 2. The minimum absolute atomic E-state index is 0.0948. The highest BCUT2D eigenvalue weighted by Gasteiger charge is 2.25. The number of carboxylic acid groups (broad SMARTS) is 1. The van der Waals surface area contributed by atoms with Gasteiger partial charge in [0, 0.05) is 39.3 Å². The number of nitrogens with one attached hydrogen (secondary N) is 1. The number of aliphatic carboxylic acids is 1. The molecule has 0 bridgehead atoms. The normalized spacial score (nSPS) is 18.7. The summed E-state index contributed by atoms with van der Waals surface area (Å²) in [4.78, 5) is 26.8. The van der Waals surface area contributed by atoms with Gasteiger partial charge in [-0.2, -0.15) is 0 Å². The Labute approximate surface area is 121 Å². The van der Waals surface area contributed by atoms with Gasteiger partial charge in [-0.1, -0.05) is 13.3 Å². The number of piperazine rings is 1. The molecule has 1 amide bonds. The first kappa shape index (κ1) is 16.9. The van der Waals surface area contributed by atoms with Gasteiger partial charge in [0.1, 0.15) is 0 Å². The molecule has 0 aromatic rings. The second-order valence-corrected chi connectivity index (χ2v) is 5.34. The molecule has 0 aromatic heterocycles. The zero-order chi connectivity index (χ0) is 15.0. The van der Waals surface area contributed by atoms with Crippen molar-refractivity contribution in [3.05, 3.63) is 0 Å². The van der Waals surface area contributed by atoms with Crippen LogP contribution in [0.4, 0.5) is 0 Å². The lowest BCUT2D eigenvalue weighted by atomic mass is 10.2. The molecule has 0 aromatic carbocycles. The van der Waals surface area contributed by atoms with Crippen molar-refractivity contribution in [2.75, 3.05) is 39.3 Å². The van der Waals surface area contributed by atoms with E-state index in [2.05, 4.69) is 22.0 Å². The summed E-state index contributed by atoms with van der Waals surface area (Å²) in [5.74, 6) is -0.659. The van der Waals surface area contributed by atoms with E-state index in [-0.39, 0.29) is 18.4 Å². The predicted octanol–water partition coefficient (Wildman–Crippen LogP) is 0.384. The molecule has 6 heteroatoms. The van der Waals surface area contributed by atoms with Crippen LogP contribution in [0, 0.1) is 0 Å². The number of carbonyl (C=O) groups is 2. The molecule has 20 heavy (non-hydrogen) atoms. The molecule has 116 valence electrons. The van der Waals surface area contributed by atoms with Crippen molar-refractivity contribution in [2.24, 2.45) is 0 Å². The Morgan fingerprint density at radius 2 is 1.90 bits per heavy atom. The van der Waals surface area contributed by atoms with Gasteiger partial charge in [0.25, 0.3) is 0 Å². The summed E-state index contributed by atoms with van der Waals surface area (Å²) in [6.45, 7) is 8.70. The summed E-state index contributed by atoms with van der Waals surface area (Å²) < 4.78 is 0. The summed E-state index contributed by atoms with van der Waals surface area (Å²) >= 11 is 0. The molecule has 1 fully saturated rings. The molecule has 6 nitrogen and oxygen atoms in total. The Hall–Kier alpha value is -1.14. The Kier molecular flexibility index (Phi) is 7.54. The molecule has 1 unspecified atom stereocenters. The third-order valence-corrected chi connectivity index (χ3v) is 3.81. The van der Waals surface area contributed by atoms with E-state index in [9.17, 15) is 9.59 Å². The Bertz CT molecular complexity index is 315. The van der Waals surface area contributed by atoms with Crippen LogP contribution in [-0.2, 0) is 9.59 Å². The molecule has 0 spiro atoms. The lowest BCUT2D eigenvalue weighted by molar-refractivity contribution is -0.137. The van der Waals surface area contributed by atoms with Gasteiger partial charge in [-0.3, -0.25) is 14.5 Å².